The van der Waals surface area contributed by atoms with Crippen LogP contribution in [0.5, 0.6) is 0 Å². The smallest absolute Gasteiger partial charge is 0.294 e. The monoisotopic (exact) mass is 278 g/mol. The number of nitrogen functional groups attached to an aromatic ring is 1. The van der Waals surface area contributed by atoms with Gasteiger partial charge >= 0.3 is 0 Å². The summed E-state index contributed by atoms with van der Waals surface area (Å²) in [7, 11) is 1.54. The van der Waals surface area contributed by atoms with E-state index in [0.717, 1.165) is 6.07 Å². The highest BCUT2D eigenvalue weighted by Crippen LogP contribution is 2.24. The van der Waals surface area contributed by atoms with Crippen LogP contribution in [-0.4, -0.2) is 31.0 Å². The highest BCUT2D eigenvalue weighted by molar-refractivity contribution is 6.04. The average Bonchev–Trinajstić information content (AvgIpc) is 2.83. The van der Waals surface area contributed by atoms with Gasteiger partial charge < -0.3 is 5.43 Å². The summed E-state index contributed by atoms with van der Waals surface area (Å²) >= 11 is 0. The first-order valence-corrected chi connectivity index (χ1v) is 5.31. The fraction of sp³-hybridized carbons (Fsp3) is 0.111. The van der Waals surface area contributed by atoms with Crippen LogP contribution in [0.3, 0.4) is 0 Å². The third-order valence-electron chi connectivity index (χ3n) is 2.35. The number of benzene rings is 1. The van der Waals surface area contributed by atoms with Gasteiger partial charge in [-0.1, -0.05) is 5.10 Å². The Morgan fingerprint density at radius 2 is 2.25 bits per heavy atom. The van der Waals surface area contributed by atoms with Crippen molar-refractivity contribution in [2.45, 2.75) is 0 Å². The number of nitro groups is 1. The summed E-state index contributed by atoms with van der Waals surface area (Å²) < 4.78 is 0. The molecule has 4 N–H and O–H groups in total. The number of nitrogens with two attached hydrogens (primary N) is 1. The van der Waals surface area contributed by atoms with Gasteiger partial charge in [-0.2, -0.15) is 4.80 Å². The number of amides is 1. The Balaban J connectivity index is 2.26. The SMILES string of the molecule is Cn1nnc(NC(=O)c2ccc(NN)c([N+](=O)[O-])c2)n1. The number of aromatic nitrogens is 4. The van der Waals surface area contributed by atoms with E-state index in [1.54, 1.807) is 0 Å². The molecule has 1 aromatic heterocycles. The van der Waals surface area contributed by atoms with Crippen LogP contribution < -0.4 is 16.6 Å². The summed E-state index contributed by atoms with van der Waals surface area (Å²) in [4.78, 5) is 23.3. The van der Waals surface area contributed by atoms with Crippen molar-refractivity contribution in [2.24, 2.45) is 12.9 Å². The number of nitro benzene ring substituents is 1. The Hall–Kier alpha value is -3.08. The molecule has 104 valence electrons. The second-order valence-corrected chi connectivity index (χ2v) is 3.69. The number of rotatable bonds is 4. The van der Waals surface area contributed by atoms with Crippen LogP contribution in [0.25, 0.3) is 0 Å². The van der Waals surface area contributed by atoms with E-state index in [-0.39, 0.29) is 22.9 Å². The van der Waals surface area contributed by atoms with Crippen LogP contribution in [-0.2, 0) is 7.05 Å². The quantitative estimate of drug-likeness (QED) is 0.389. The number of hydrazine groups is 1. The third kappa shape index (κ3) is 2.67. The van der Waals surface area contributed by atoms with E-state index in [0.29, 0.717) is 0 Å². The molecule has 20 heavy (non-hydrogen) atoms. The van der Waals surface area contributed by atoms with Crippen molar-refractivity contribution in [1.82, 2.24) is 20.2 Å². The highest BCUT2D eigenvalue weighted by atomic mass is 16.6. The molecule has 0 saturated carbocycles. The van der Waals surface area contributed by atoms with Gasteiger partial charge in [-0.05, 0) is 17.3 Å². The van der Waals surface area contributed by atoms with Gasteiger partial charge in [0, 0.05) is 11.6 Å². The summed E-state index contributed by atoms with van der Waals surface area (Å²) in [5, 5.41) is 24.1. The van der Waals surface area contributed by atoms with Crippen molar-refractivity contribution in [3.63, 3.8) is 0 Å². The van der Waals surface area contributed by atoms with Gasteiger partial charge in [0.15, 0.2) is 0 Å². The Labute approximate surface area is 111 Å². The second kappa shape index (κ2) is 5.27. The molecule has 1 amide bonds. The van der Waals surface area contributed by atoms with Crippen LogP contribution in [0.2, 0.25) is 0 Å². The normalized spacial score (nSPS) is 10.1. The first-order valence-electron chi connectivity index (χ1n) is 5.31. The standard InChI is InChI=1S/C9H10N8O3/c1-16-14-9(13-15-16)11-8(18)5-2-3-6(12-10)7(4-5)17(19)20/h2-4,12H,10H2,1H3,(H,11,14,18). The molecule has 0 atom stereocenters. The molecule has 11 nitrogen and oxygen atoms in total. The van der Waals surface area contributed by atoms with E-state index in [9.17, 15) is 14.9 Å². The van der Waals surface area contributed by atoms with Crippen molar-refractivity contribution in [1.29, 1.82) is 0 Å². The summed E-state index contributed by atoms with van der Waals surface area (Å²) in [6.45, 7) is 0. The molecular weight excluding hydrogens is 268 g/mol. The topological polar surface area (TPSA) is 154 Å². The maximum atomic E-state index is 11.9. The molecule has 1 aromatic carbocycles. The molecule has 0 aliphatic heterocycles. The van der Waals surface area contributed by atoms with Crippen LogP contribution in [0.4, 0.5) is 17.3 Å². The average molecular weight is 278 g/mol. The van der Waals surface area contributed by atoms with Gasteiger partial charge in [-0.3, -0.25) is 26.1 Å². The highest BCUT2D eigenvalue weighted by Gasteiger charge is 2.17. The molecule has 0 bridgehead atoms. The third-order valence-corrected chi connectivity index (χ3v) is 2.35. The van der Waals surface area contributed by atoms with Crippen LogP contribution >= 0.6 is 0 Å². The predicted octanol–water partition coefficient (Wildman–Crippen LogP) is -0.344. The number of carbonyl (C=O) groups is 1. The van der Waals surface area contributed by atoms with Gasteiger partial charge in [0.2, 0.25) is 0 Å². The Morgan fingerprint density at radius 3 is 2.80 bits per heavy atom. The van der Waals surface area contributed by atoms with Crippen LogP contribution in [0.1, 0.15) is 10.4 Å². The van der Waals surface area contributed by atoms with Crippen LogP contribution in [0, 0.1) is 10.1 Å². The molecule has 0 unspecified atom stereocenters. The molecule has 0 aliphatic carbocycles. The van der Waals surface area contributed by atoms with E-state index in [1.807, 2.05) is 0 Å². The fourth-order valence-electron chi connectivity index (χ4n) is 1.45. The number of hydrogen-bond donors (Lipinski definition) is 3. The number of nitrogens with one attached hydrogen (secondary N) is 2. The molecule has 2 aromatic rings. The summed E-state index contributed by atoms with van der Waals surface area (Å²) in [5.74, 6) is 4.56. The lowest BCUT2D eigenvalue weighted by Crippen LogP contribution is -2.15. The molecule has 1 heterocycles. The van der Waals surface area contributed by atoms with Gasteiger partial charge in [-0.25, -0.2) is 0 Å². The molecule has 0 aliphatic rings. The number of carbonyl (C=O) groups excluding carboxylic acids is 1. The van der Waals surface area contributed by atoms with Crippen molar-refractivity contribution in [3.05, 3.63) is 33.9 Å². The van der Waals surface area contributed by atoms with E-state index >= 15 is 0 Å². The van der Waals surface area contributed by atoms with E-state index in [2.05, 4.69) is 26.2 Å². The molecule has 0 saturated heterocycles. The lowest BCUT2D eigenvalue weighted by molar-refractivity contribution is -0.384. The van der Waals surface area contributed by atoms with Crippen molar-refractivity contribution < 1.29 is 9.72 Å². The van der Waals surface area contributed by atoms with E-state index < -0.39 is 10.8 Å². The van der Waals surface area contributed by atoms with Crippen LogP contribution in [0.15, 0.2) is 18.2 Å². The Kier molecular flexibility index (Phi) is 3.52. The van der Waals surface area contributed by atoms with Crippen molar-refractivity contribution in [2.75, 3.05) is 10.7 Å². The summed E-state index contributed by atoms with van der Waals surface area (Å²) in [6, 6.07) is 3.81. The van der Waals surface area contributed by atoms with Gasteiger partial charge in [-0.15, -0.1) is 5.10 Å². The minimum Gasteiger partial charge on any atom is -0.318 e. The lowest BCUT2D eigenvalue weighted by atomic mass is 10.1. The number of aryl methyl sites for hydroxylation is 1. The zero-order valence-corrected chi connectivity index (χ0v) is 10.3. The van der Waals surface area contributed by atoms with Gasteiger partial charge in [0.05, 0.1) is 12.0 Å². The molecule has 2 rings (SSSR count). The van der Waals surface area contributed by atoms with E-state index in [1.165, 1.54) is 24.0 Å². The minimum atomic E-state index is -0.646. The van der Waals surface area contributed by atoms with Crippen molar-refractivity contribution in [3.8, 4) is 0 Å². The largest absolute Gasteiger partial charge is 0.318 e. The number of hydrogen-bond acceptors (Lipinski definition) is 8. The lowest BCUT2D eigenvalue weighted by Gasteiger charge is -2.04. The number of nitrogens with zero attached hydrogens (tertiary/aromatic N) is 5. The summed E-state index contributed by atoms with van der Waals surface area (Å²) in [6.07, 6.45) is 0. The molecular formula is C9H10N8O3. The molecule has 11 heteroatoms. The maximum absolute atomic E-state index is 11.9. The Morgan fingerprint density at radius 1 is 1.50 bits per heavy atom. The first kappa shape index (κ1) is 13.4. The molecule has 0 spiro atoms. The van der Waals surface area contributed by atoms with Gasteiger partial charge in [0.1, 0.15) is 5.69 Å². The number of tetrazole rings is 1. The zero-order valence-electron chi connectivity index (χ0n) is 10.3. The minimum absolute atomic E-state index is 0.00109. The molecule has 0 fully saturated rings. The predicted molar refractivity (Wildman–Crippen MR) is 67.7 cm³/mol. The second-order valence-electron chi connectivity index (χ2n) is 3.69. The first-order chi connectivity index (χ1) is 9.51. The van der Waals surface area contributed by atoms with E-state index in [4.69, 9.17) is 5.84 Å². The fourth-order valence-corrected chi connectivity index (χ4v) is 1.45. The van der Waals surface area contributed by atoms with Crippen molar-refractivity contribution >= 4 is 23.2 Å². The zero-order chi connectivity index (χ0) is 14.7. The maximum Gasteiger partial charge on any atom is 0.294 e. The summed E-state index contributed by atoms with van der Waals surface area (Å²) in [5.41, 5.74) is 2.05. The molecule has 0 radical (unpaired) electrons. The van der Waals surface area contributed by atoms with Gasteiger partial charge in [0.25, 0.3) is 17.5 Å². The number of anilines is 2. The Bertz CT molecular complexity index is 667.